The lowest BCUT2D eigenvalue weighted by Gasteiger charge is -2.11. The van der Waals surface area contributed by atoms with Crippen LogP contribution in [0.25, 0.3) is 11.1 Å². The monoisotopic (exact) mass is 439 g/mol. The highest BCUT2D eigenvalue weighted by molar-refractivity contribution is 5.92. The van der Waals surface area contributed by atoms with Crippen LogP contribution >= 0.6 is 0 Å². The minimum Gasteiger partial charge on any atom is -0.422 e. The number of carbonyl (C=O) groups excluding carboxylic acids is 1. The number of hydrogen-bond acceptors (Lipinski definition) is 3. The highest BCUT2D eigenvalue weighted by atomic mass is 16.5. The highest BCUT2D eigenvalue weighted by Gasteiger charge is 2.13. The van der Waals surface area contributed by atoms with Crippen molar-refractivity contribution in [2.75, 3.05) is 0 Å². The summed E-state index contributed by atoms with van der Waals surface area (Å²) in [7, 11) is 0. The highest BCUT2D eigenvalue weighted by Crippen LogP contribution is 2.24. The van der Waals surface area contributed by atoms with Gasteiger partial charge in [0.25, 0.3) is 0 Å². The van der Waals surface area contributed by atoms with Crippen molar-refractivity contribution in [2.45, 2.75) is 59.3 Å². The van der Waals surface area contributed by atoms with Gasteiger partial charge in [-0.3, -0.25) is 0 Å². The molecule has 0 aromatic heterocycles. The van der Waals surface area contributed by atoms with Gasteiger partial charge in [0.1, 0.15) is 11.8 Å². The summed E-state index contributed by atoms with van der Waals surface area (Å²) in [5.41, 5.74) is 5.47. The number of nitrogens with zero attached hydrogens (tertiary/aromatic N) is 1. The van der Waals surface area contributed by atoms with Crippen molar-refractivity contribution in [1.29, 1.82) is 5.26 Å². The molecule has 0 heterocycles. The van der Waals surface area contributed by atoms with Crippen LogP contribution in [-0.4, -0.2) is 5.97 Å². The summed E-state index contributed by atoms with van der Waals surface area (Å²) in [6, 6.07) is 23.7. The van der Waals surface area contributed by atoms with E-state index in [-0.39, 0.29) is 0 Å². The van der Waals surface area contributed by atoms with E-state index < -0.39 is 5.97 Å². The van der Waals surface area contributed by atoms with E-state index in [0.717, 1.165) is 42.4 Å². The van der Waals surface area contributed by atoms with Gasteiger partial charge in [-0.05, 0) is 78.1 Å². The van der Waals surface area contributed by atoms with Gasteiger partial charge >= 0.3 is 5.97 Å². The number of benzene rings is 3. The molecule has 0 saturated carbocycles. The van der Waals surface area contributed by atoms with Crippen LogP contribution < -0.4 is 4.74 Å². The molecule has 0 aliphatic carbocycles. The summed E-state index contributed by atoms with van der Waals surface area (Å²) in [4.78, 5) is 12.7. The molecule has 1 atom stereocenters. The van der Waals surface area contributed by atoms with Gasteiger partial charge in [-0.25, -0.2) is 4.79 Å². The Balaban J connectivity index is 1.66. The Morgan fingerprint density at radius 2 is 1.55 bits per heavy atom. The minimum atomic E-state index is -0.458. The molecule has 3 nitrogen and oxygen atoms in total. The Bertz CT molecular complexity index is 1090. The molecule has 3 aromatic rings. The molecule has 0 radical (unpaired) electrons. The molecule has 0 saturated heterocycles. The number of aryl methyl sites for hydroxylation is 2. The summed E-state index contributed by atoms with van der Waals surface area (Å²) < 4.78 is 5.56. The molecule has 0 amide bonds. The van der Waals surface area contributed by atoms with E-state index >= 15 is 0 Å². The zero-order valence-corrected chi connectivity index (χ0v) is 19.9. The van der Waals surface area contributed by atoms with Crippen molar-refractivity contribution in [3.63, 3.8) is 0 Å². The van der Waals surface area contributed by atoms with Crippen LogP contribution in [0.3, 0.4) is 0 Å². The van der Waals surface area contributed by atoms with Gasteiger partial charge in [0.05, 0.1) is 11.1 Å². The lowest BCUT2D eigenvalue weighted by molar-refractivity contribution is 0.0734. The van der Waals surface area contributed by atoms with Crippen molar-refractivity contribution in [2.24, 2.45) is 5.92 Å². The molecule has 3 heteroatoms. The third-order valence-corrected chi connectivity index (χ3v) is 6.22. The summed E-state index contributed by atoms with van der Waals surface area (Å²) in [5.74, 6) is 0.497. The van der Waals surface area contributed by atoms with E-state index in [0.29, 0.717) is 22.8 Å². The standard InChI is InChI=1S/C30H33NO2/c1-4-6-7-23-10-13-25(14-11-23)26-15-17-27(18-16-26)30(32)33-29-19-12-24(20-28(29)21-31)9-8-22(3)5-2/h10-20,22H,4-9H2,1-3H3. The number of unbranched alkanes of at least 4 members (excludes halogenated alkanes) is 1. The smallest absolute Gasteiger partial charge is 0.343 e. The molecule has 3 aromatic carbocycles. The van der Waals surface area contributed by atoms with Gasteiger partial charge in [-0.1, -0.05) is 76.1 Å². The first-order valence-corrected chi connectivity index (χ1v) is 12.0. The first-order chi connectivity index (χ1) is 16.0. The Morgan fingerprint density at radius 3 is 2.15 bits per heavy atom. The van der Waals surface area contributed by atoms with Crippen LogP contribution in [0.1, 0.15) is 73.5 Å². The van der Waals surface area contributed by atoms with E-state index in [1.54, 1.807) is 18.2 Å². The summed E-state index contributed by atoms with van der Waals surface area (Å²) in [5, 5.41) is 9.54. The molecular formula is C30H33NO2. The number of nitriles is 1. The predicted molar refractivity (Wildman–Crippen MR) is 134 cm³/mol. The van der Waals surface area contributed by atoms with Crippen LogP contribution in [0.15, 0.2) is 66.7 Å². The molecule has 3 rings (SSSR count). The Morgan fingerprint density at radius 1 is 0.909 bits per heavy atom. The quantitative estimate of drug-likeness (QED) is 0.239. The van der Waals surface area contributed by atoms with E-state index in [4.69, 9.17) is 4.74 Å². The van der Waals surface area contributed by atoms with E-state index in [1.807, 2.05) is 24.3 Å². The number of carbonyl (C=O) groups is 1. The fourth-order valence-electron chi connectivity index (χ4n) is 3.73. The summed E-state index contributed by atoms with van der Waals surface area (Å²) in [6.07, 6.45) is 6.63. The number of rotatable bonds is 10. The van der Waals surface area contributed by atoms with Crippen molar-refractivity contribution in [3.8, 4) is 22.9 Å². The van der Waals surface area contributed by atoms with Crippen LogP contribution in [0.5, 0.6) is 5.75 Å². The van der Waals surface area contributed by atoms with Crippen LogP contribution in [0.2, 0.25) is 0 Å². The SMILES string of the molecule is CCCCc1ccc(-c2ccc(C(=O)Oc3ccc(CCC(C)CC)cc3C#N)cc2)cc1. The second kappa shape index (κ2) is 12.0. The van der Waals surface area contributed by atoms with Crippen molar-refractivity contribution < 1.29 is 9.53 Å². The Labute approximate surface area is 198 Å². The molecule has 0 fully saturated rings. The lowest BCUT2D eigenvalue weighted by Crippen LogP contribution is -2.09. The third kappa shape index (κ3) is 6.80. The molecule has 170 valence electrons. The van der Waals surface area contributed by atoms with E-state index in [9.17, 15) is 10.1 Å². The summed E-state index contributed by atoms with van der Waals surface area (Å²) >= 11 is 0. The number of ether oxygens (including phenoxy) is 1. The second-order valence-electron chi connectivity index (χ2n) is 8.76. The molecule has 0 bridgehead atoms. The van der Waals surface area contributed by atoms with Crippen LogP contribution in [-0.2, 0) is 12.8 Å². The first-order valence-electron chi connectivity index (χ1n) is 12.0. The molecule has 1 unspecified atom stereocenters. The fourth-order valence-corrected chi connectivity index (χ4v) is 3.73. The maximum absolute atomic E-state index is 12.7. The maximum atomic E-state index is 12.7. The van der Waals surface area contributed by atoms with Crippen molar-refractivity contribution in [1.82, 2.24) is 0 Å². The summed E-state index contributed by atoms with van der Waals surface area (Å²) in [6.45, 7) is 6.62. The average Bonchev–Trinajstić information content (AvgIpc) is 2.86. The first kappa shape index (κ1) is 24.3. The number of hydrogen-bond donors (Lipinski definition) is 0. The average molecular weight is 440 g/mol. The van der Waals surface area contributed by atoms with Gasteiger partial charge in [0.2, 0.25) is 0 Å². The predicted octanol–water partition coefficient (Wildman–Crippen LogP) is 7.77. The topological polar surface area (TPSA) is 50.1 Å². The van der Waals surface area contributed by atoms with E-state index in [1.165, 1.54) is 18.4 Å². The van der Waals surface area contributed by atoms with Crippen LogP contribution in [0, 0.1) is 17.2 Å². The normalized spacial score (nSPS) is 11.6. The van der Waals surface area contributed by atoms with Crippen molar-refractivity contribution >= 4 is 5.97 Å². The largest absolute Gasteiger partial charge is 0.422 e. The maximum Gasteiger partial charge on any atom is 0.343 e. The molecule has 0 aliphatic rings. The zero-order valence-electron chi connectivity index (χ0n) is 19.9. The molecule has 0 aliphatic heterocycles. The Kier molecular flexibility index (Phi) is 8.84. The van der Waals surface area contributed by atoms with Crippen LogP contribution in [0.4, 0.5) is 0 Å². The molecule has 0 N–H and O–H groups in total. The molecule has 33 heavy (non-hydrogen) atoms. The lowest BCUT2D eigenvalue weighted by atomic mass is 9.98. The van der Waals surface area contributed by atoms with Gasteiger partial charge in [-0.2, -0.15) is 5.26 Å². The van der Waals surface area contributed by atoms with Crippen molar-refractivity contribution in [3.05, 3.63) is 89.0 Å². The fraction of sp³-hybridized carbons (Fsp3) is 0.333. The van der Waals surface area contributed by atoms with Gasteiger partial charge in [-0.15, -0.1) is 0 Å². The second-order valence-corrected chi connectivity index (χ2v) is 8.76. The Hall–Kier alpha value is -3.38. The van der Waals surface area contributed by atoms with E-state index in [2.05, 4.69) is 51.1 Å². The number of esters is 1. The minimum absolute atomic E-state index is 0.307. The third-order valence-electron chi connectivity index (χ3n) is 6.22. The zero-order chi connectivity index (χ0) is 23.6. The van der Waals surface area contributed by atoms with Gasteiger partial charge < -0.3 is 4.74 Å². The molecular weight excluding hydrogens is 406 g/mol. The van der Waals surface area contributed by atoms with Gasteiger partial charge in [0.15, 0.2) is 0 Å². The molecule has 0 spiro atoms. The van der Waals surface area contributed by atoms with Gasteiger partial charge in [0, 0.05) is 0 Å².